The first-order valence-electron chi connectivity index (χ1n) is 8.12. The Morgan fingerprint density at radius 3 is 2.76 bits per heavy atom. The maximum atomic E-state index is 12.7. The van der Waals surface area contributed by atoms with Crippen molar-refractivity contribution in [1.82, 2.24) is 10.2 Å². The summed E-state index contributed by atoms with van der Waals surface area (Å²) < 4.78 is 0. The number of piperidine rings is 1. The Morgan fingerprint density at radius 2 is 2.00 bits per heavy atom. The van der Waals surface area contributed by atoms with Crippen LogP contribution < -0.4 is 10.2 Å². The average molecular weight is 287 g/mol. The molecule has 3 rings (SSSR count). The zero-order valence-corrected chi connectivity index (χ0v) is 12.8. The van der Waals surface area contributed by atoms with Crippen molar-refractivity contribution in [3.05, 3.63) is 29.8 Å². The molecule has 0 spiro atoms. The predicted molar refractivity (Wildman–Crippen MR) is 85.9 cm³/mol. The molecule has 2 aliphatic rings. The van der Waals surface area contributed by atoms with Crippen LogP contribution in [0.5, 0.6) is 0 Å². The van der Waals surface area contributed by atoms with Crippen molar-refractivity contribution in [3.63, 3.8) is 0 Å². The highest BCUT2D eigenvalue weighted by molar-refractivity contribution is 5.95. The van der Waals surface area contributed by atoms with Crippen LogP contribution in [0.3, 0.4) is 0 Å². The number of amides is 1. The molecule has 4 nitrogen and oxygen atoms in total. The van der Waals surface area contributed by atoms with Crippen molar-refractivity contribution < 1.29 is 4.79 Å². The van der Waals surface area contributed by atoms with E-state index >= 15 is 0 Å². The summed E-state index contributed by atoms with van der Waals surface area (Å²) in [5, 5.41) is 3.36. The summed E-state index contributed by atoms with van der Waals surface area (Å²) >= 11 is 0. The third-order valence-electron chi connectivity index (χ3n) is 4.64. The van der Waals surface area contributed by atoms with Gasteiger partial charge >= 0.3 is 0 Å². The van der Waals surface area contributed by atoms with E-state index in [2.05, 4.69) is 29.3 Å². The van der Waals surface area contributed by atoms with Crippen LogP contribution in [-0.2, 0) is 0 Å². The second-order valence-electron chi connectivity index (χ2n) is 6.13. The minimum atomic E-state index is 0.194. The molecule has 2 aliphatic heterocycles. The Labute approximate surface area is 127 Å². The molecular formula is C17H25N3O. The number of hydrogen-bond donors (Lipinski definition) is 1. The number of benzene rings is 1. The summed E-state index contributed by atoms with van der Waals surface area (Å²) in [5.41, 5.74) is 2.01. The summed E-state index contributed by atoms with van der Waals surface area (Å²) in [5.74, 6) is 0.194. The van der Waals surface area contributed by atoms with Crippen LogP contribution in [0.4, 0.5) is 5.69 Å². The SMILES string of the molecule is CC1CCCCN1C(=O)c1cccc(N2CCNCC2)c1. The second kappa shape index (κ2) is 6.48. The summed E-state index contributed by atoms with van der Waals surface area (Å²) in [4.78, 5) is 17.1. The summed E-state index contributed by atoms with van der Waals surface area (Å²) in [7, 11) is 0. The first-order chi connectivity index (χ1) is 10.3. The van der Waals surface area contributed by atoms with Crippen molar-refractivity contribution >= 4 is 11.6 Å². The van der Waals surface area contributed by atoms with E-state index in [9.17, 15) is 4.79 Å². The Hall–Kier alpha value is -1.55. The van der Waals surface area contributed by atoms with Gasteiger partial charge in [0.25, 0.3) is 5.91 Å². The molecule has 21 heavy (non-hydrogen) atoms. The predicted octanol–water partition coefficient (Wildman–Crippen LogP) is 2.11. The van der Waals surface area contributed by atoms with E-state index in [4.69, 9.17) is 0 Å². The number of nitrogens with zero attached hydrogens (tertiary/aromatic N) is 2. The number of piperazine rings is 1. The summed E-state index contributed by atoms with van der Waals surface area (Å²) in [6, 6.07) is 8.51. The molecule has 0 saturated carbocycles. The van der Waals surface area contributed by atoms with Gasteiger partial charge in [0.2, 0.25) is 0 Å². The summed E-state index contributed by atoms with van der Waals surface area (Å²) in [6.45, 7) is 7.12. The topological polar surface area (TPSA) is 35.6 Å². The van der Waals surface area contributed by atoms with Crippen LogP contribution in [0.1, 0.15) is 36.5 Å². The van der Waals surface area contributed by atoms with Gasteiger partial charge in [0.15, 0.2) is 0 Å². The number of likely N-dealkylation sites (tertiary alicyclic amines) is 1. The van der Waals surface area contributed by atoms with Crippen LogP contribution in [0.2, 0.25) is 0 Å². The normalized spacial score (nSPS) is 23.2. The first-order valence-corrected chi connectivity index (χ1v) is 8.12. The number of anilines is 1. The fraction of sp³-hybridized carbons (Fsp3) is 0.588. The largest absolute Gasteiger partial charge is 0.369 e. The molecule has 0 aliphatic carbocycles. The minimum absolute atomic E-state index is 0.194. The smallest absolute Gasteiger partial charge is 0.254 e. The van der Waals surface area contributed by atoms with Gasteiger partial charge in [-0.25, -0.2) is 0 Å². The molecule has 0 aromatic heterocycles. The number of carbonyl (C=O) groups excluding carboxylic acids is 1. The van der Waals surface area contributed by atoms with Crippen LogP contribution in [-0.4, -0.2) is 49.6 Å². The van der Waals surface area contributed by atoms with Crippen LogP contribution >= 0.6 is 0 Å². The fourth-order valence-corrected chi connectivity index (χ4v) is 3.32. The molecule has 1 N–H and O–H groups in total. The van der Waals surface area contributed by atoms with E-state index in [0.29, 0.717) is 6.04 Å². The molecule has 2 saturated heterocycles. The third kappa shape index (κ3) is 3.21. The summed E-state index contributed by atoms with van der Waals surface area (Å²) in [6.07, 6.45) is 3.50. The Balaban J connectivity index is 1.76. The molecule has 1 aromatic rings. The Kier molecular flexibility index (Phi) is 4.44. The van der Waals surface area contributed by atoms with Crippen molar-refractivity contribution in [3.8, 4) is 0 Å². The Morgan fingerprint density at radius 1 is 1.19 bits per heavy atom. The maximum absolute atomic E-state index is 12.7. The fourth-order valence-electron chi connectivity index (χ4n) is 3.32. The molecule has 1 aromatic carbocycles. The van der Waals surface area contributed by atoms with E-state index in [1.807, 2.05) is 17.0 Å². The minimum Gasteiger partial charge on any atom is -0.369 e. The molecule has 1 atom stereocenters. The Bertz CT molecular complexity index is 497. The molecule has 2 fully saturated rings. The lowest BCUT2D eigenvalue weighted by Gasteiger charge is -2.34. The molecule has 2 heterocycles. The van der Waals surface area contributed by atoms with Gasteiger partial charge in [0.05, 0.1) is 0 Å². The van der Waals surface area contributed by atoms with Gasteiger partial charge in [-0.3, -0.25) is 4.79 Å². The van der Waals surface area contributed by atoms with E-state index in [0.717, 1.165) is 51.1 Å². The number of carbonyl (C=O) groups is 1. The van der Waals surface area contributed by atoms with Crippen molar-refractivity contribution in [2.24, 2.45) is 0 Å². The number of rotatable bonds is 2. The van der Waals surface area contributed by atoms with Gasteiger partial charge in [0.1, 0.15) is 0 Å². The van der Waals surface area contributed by atoms with E-state index < -0.39 is 0 Å². The molecule has 4 heteroatoms. The van der Waals surface area contributed by atoms with Crippen LogP contribution in [0.25, 0.3) is 0 Å². The zero-order valence-electron chi connectivity index (χ0n) is 12.8. The van der Waals surface area contributed by atoms with Crippen molar-refractivity contribution in [2.75, 3.05) is 37.6 Å². The van der Waals surface area contributed by atoms with Crippen molar-refractivity contribution in [1.29, 1.82) is 0 Å². The molecule has 114 valence electrons. The molecule has 1 amide bonds. The van der Waals surface area contributed by atoms with E-state index in [-0.39, 0.29) is 5.91 Å². The van der Waals surface area contributed by atoms with Crippen LogP contribution in [0.15, 0.2) is 24.3 Å². The average Bonchev–Trinajstić information content (AvgIpc) is 2.56. The van der Waals surface area contributed by atoms with Gasteiger partial charge in [-0.15, -0.1) is 0 Å². The van der Waals surface area contributed by atoms with Crippen molar-refractivity contribution in [2.45, 2.75) is 32.2 Å². The lowest BCUT2D eigenvalue weighted by molar-refractivity contribution is 0.0635. The highest BCUT2D eigenvalue weighted by Crippen LogP contribution is 2.22. The molecular weight excluding hydrogens is 262 g/mol. The number of hydrogen-bond acceptors (Lipinski definition) is 3. The third-order valence-corrected chi connectivity index (χ3v) is 4.64. The lowest BCUT2D eigenvalue weighted by atomic mass is 10.0. The van der Waals surface area contributed by atoms with Gasteiger partial charge in [-0.1, -0.05) is 6.07 Å². The lowest BCUT2D eigenvalue weighted by Crippen LogP contribution is -2.44. The quantitative estimate of drug-likeness (QED) is 0.905. The standard InChI is InChI=1S/C17H25N3O/c1-14-5-2-3-10-20(14)17(21)15-6-4-7-16(13-15)19-11-8-18-9-12-19/h4,6-7,13-14,18H,2-3,5,8-12H2,1H3. The number of nitrogens with one attached hydrogen (secondary N) is 1. The second-order valence-corrected chi connectivity index (χ2v) is 6.13. The van der Waals surface area contributed by atoms with E-state index in [1.54, 1.807) is 0 Å². The van der Waals surface area contributed by atoms with Gasteiger partial charge in [-0.2, -0.15) is 0 Å². The van der Waals surface area contributed by atoms with E-state index in [1.165, 1.54) is 12.1 Å². The van der Waals surface area contributed by atoms with Gasteiger partial charge in [-0.05, 0) is 44.4 Å². The van der Waals surface area contributed by atoms with Crippen LogP contribution in [0, 0.1) is 0 Å². The van der Waals surface area contributed by atoms with Gasteiger partial charge < -0.3 is 15.1 Å². The monoisotopic (exact) mass is 287 g/mol. The van der Waals surface area contributed by atoms with Gasteiger partial charge in [0, 0.05) is 50.0 Å². The molecule has 1 unspecified atom stereocenters. The highest BCUT2D eigenvalue weighted by Gasteiger charge is 2.24. The maximum Gasteiger partial charge on any atom is 0.254 e. The molecule has 0 radical (unpaired) electrons. The first kappa shape index (κ1) is 14.4. The zero-order chi connectivity index (χ0) is 14.7. The molecule has 0 bridgehead atoms. The highest BCUT2D eigenvalue weighted by atomic mass is 16.2.